The summed E-state index contributed by atoms with van der Waals surface area (Å²) in [6, 6.07) is 14.3. The van der Waals surface area contributed by atoms with Crippen LogP contribution in [0.25, 0.3) is 0 Å². The third kappa shape index (κ3) is 5.34. The number of likely N-dealkylation sites (N-methyl/N-ethyl adjacent to an activating group) is 1. The summed E-state index contributed by atoms with van der Waals surface area (Å²) in [5.74, 6) is -0.303. The number of benzene rings is 2. The zero-order valence-corrected chi connectivity index (χ0v) is 17.7. The zero-order chi connectivity index (χ0) is 21.7. The number of anilines is 1. The molecule has 1 aliphatic heterocycles. The molecule has 1 fully saturated rings. The number of rotatable bonds is 7. The van der Waals surface area contributed by atoms with Gasteiger partial charge in [0.1, 0.15) is 0 Å². The largest absolute Gasteiger partial charge is 0.378 e. The first-order chi connectivity index (χ1) is 14.3. The molecule has 1 atom stereocenters. The SMILES string of the molecule is CN1CCN([C@@H](CNC(=O)c2cccc([N+](=O)[O-])c2)c2ccc(N(C)C)cc2)CC1. The van der Waals surface area contributed by atoms with E-state index in [1.807, 2.05) is 14.1 Å². The fraction of sp³-hybridized carbons (Fsp3) is 0.409. The predicted molar refractivity (Wildman–Crippen MR) is 118 cm³/mol. The van der Waals surface area contributed by atoms with Crippen molar-refractivity contribution < 1.29 is 9.72 Å². The van der Waals surface area contributed by atoms with Gasteiger partial charge >= 0.3 is 0 Å². The molecule has 8 nitrogen and oxygen atoms in total. The molecule has 3 rings (SSSR count). The average molecular weight is 412 g/mol. The summed E-state index contributed by atoms with van der Waals surface area (Å²) in [6.07, 6.45) is 0. The van der Waals surface area contributed by atoms with Gasteiger partial charge in [0.25, 0.3) is 11.6 Å². The summed E-state index contributed by atoms with van der Waals surface area (Å²) in [7, 11) is 6.13. The minimum atomic E-state index is -0.490. The number of carbonyl (C=O) groups is 1. The number of hydrogen-bond acceptors (Lipinski definition) is 6. The molecule has 2 aromatic carbocycles. The van der Waals surface area contributed by atoms with Crippen molar-refractivity contribution in [2.75, 3.05) is 58.8 Å². The number of amides is 1. The van der Waals surface area contributed by atoms with Gasteiger partial charge in [-0.2, -0.15) is 0 Å². The van der Waals surface area contributed by atoms with E-state index in [9.17, 15) is 14.9 Å². The molecule has 0 aromatic heterocycles. The van der Waals surface area contributed by atoms with E-state index in [1.54, 1.807) is 6.07 Å². The van der Waals surface area contributed by atoms with E-state index in [4.69, 9.17) is 0 Å². The van der Waals surface area contributed by atoms with Gasteiger partial charge in [-0.15, -0.1) is 0 Å². The van der Waals surface area contributed by atoms with Gasteiger partial charge in [-0.1, -0.05) is 18.2 Å². The number of carbonyl (C=O) groups excluding carboxylic acids is 1. The summed E-state index contributed by atoms with van der Waals surface area (Å²) < 4.78 is 0. The minimum absolute atomic E-state index is 0.0394. The Labute approximate surface area is 177 Å². The van der Waals surface area contributed by atoms with Gasteiger partial charge in [0.2, 0.25) is 0 Å². The fourth-order valence-electron chi connectivity index (χ4n) is 3.64. The highest BCUT2D eigenvalue weighted by atomic mass is 16.6. The van der Waals surface area contributed by atoms with Gasteiger partial charge in [-0.3, -0.25) is 19.8 Å². The van der Waals surface area contributed by atoms with Gasteiger partial charge in [0.05, 0.1) is 11.0 Å². The number of nitrogens with one attached hydrogen (secondary N) is 1. The predicted octanol–water partition coefficient (Wildman–Crippen LogP) is 2.38. The highest BCUT2D eigenvalue weighted by molar-refractivity contribution is 5.94. The van der Waals surface area contributed by atoms with Gasteiger partial charge in [-0.05, 0) is 30.8 Å². The molecular formula is C22H29N5O3. The second kappa shape index (κ2) is 9.69. The van der Waals surface area contributed by atoms with Crippen LogP contribution in [-0.2, 0) is 0 Å². The van der Waals surface area contributed by atoms with Crippen LogP contribution in [0, 0.1) is 10.1 Å². The van der Waals surface area contributed by atoms with E-state index in [1.165, 1.54) is 18.2 Å². The maximum atomic E-state index is 12.7. The second-order valence-electron chi connectivity index (χ2n) is 7.86. The third-order valence-electron chi connectivity index (χ3n) is 5.55. The summed E-state index contributed by atoms with van der Waals surface area (Å²) in [6.45, 7) is 4.23. The standard InChI is InChI=1S/C22H29N5O3/c1-24(2)19-9-7-17(8-10-19)21(26-13-11-25(3)12-14-26)16-23-22(28)18-5-4-6-20(15-18)27(29)30/h4-10,15,21H,11-14,16H2,1-3H3,(H,23,28)/t21-/m0/s1. The van der Waals surface area contributed by atoms with E-state index in [0.29, 0.717) is 12.1 Å². The Morgan fingerprint density at radius 3 is 2.40 bits per heavy atom. The molecule has 2 aromatic rings. The molecular weight excluding hydrogens is 382 g/mol. The maximum Gasteiger partial charge on any atom is 0.270 e. The van der Waals surface area contributed by atoms with Crippen molar-refractivity contribution in [3.8, 4) is 0 Å². The Morgan fingerprint density at radius 1 is 1.13 bits per heavy atom. The van der Waals surface area contributed by atoms with Crippen LogP contribution in [-0.4, -0.2) is 74.5 Å². The van der Waals surface area contributed by atoms with Crippen molar-refractivity contribution in [1.82, 2.24) is 15.1 Å². The van der Waals surface area contributed by atoms with Crippen LogP contribution in [0.4, 0.5) is 11.4 Å². The lowest BCUT2D eigenvalue weighted by Crippen LogP contribution is -2.48. The van der Waals surface area contributed by atoms with Crippen LogP contribution in [0.15, 0.2) is 48.5 Å². The van der Waals surface area contributed by atoms with Crippen LogP contribution in [0.3, 0.4) is 0 Å². The van der Waals surface area contributed by atoms with Crippen molar-refractivity contribution in [3.63, 3.8) is 0 Å². The highest BCUT2D eigenvalue weighted by Crippen LogP contribution is 2.24. The highest BCUT2D eigenvalue weighted by Gasteiger charge is 2.25. The van der Waals surface area contributed by atoms with E-state index in [0.717, 1.165) is 37.4 Å². The van der Waals surface area contributed by atoms with Gasteiger partial charge in [-0.25, -0.2) is 0 Å². The number of nitro groups is 1. The van der Waals surface area contributed by atoms with E-state index in [-0.39, 0.29) is 17.6 Å². The molecule has 0 bridgehead atoms. The van der Waals surface area contributed by atoms with Crippen LogP contribution in [0.1, 0.15) is 22.0 Å². The van der Waals surface area contributed by atoms with Crippen LogP contribution in [0.5, 0.6) is 0 Å². The number of nitrogens with zero attached hydrogens (tertiary/aromatic N) is 4. The van der Waals surface area contributed by atoms with E-state index in [2.05, 4.69) is 51.3 Å². The third-order valence-corrected chi connectivity index (χ3v) is 5.55. The molecule has 1 amide bonds. The first kappa shape index (κ1) is 21.7. The molecule has 0 saturated carbocycles. The Kier molecular flexibility index (Phi) is 7.02. The number of hydrogen-bond donors (Lipinski definition) is 1. The Balaban J connectivity index is 1.76. The Hall–Kier alpha value is -2.97. The molecule has 8 heteroatoms. The second-order valence-corrected chi connectivity index (χ2v) is 7.86. The molecule has 1 N–H and O–H groups in total. The first-order valence-electron chi connectivity index (χ1n) is 10.1. The van der Waals surface area contributed by atoms with Crippen LogP contribution >= 0.6 is 0 Å². The molecule has 160 valence electrons. The lowest BCUT2D eigenvalue weighted by molar-refractivity contribution is -0.384. The fourth-order valence-corrected chi connectivity index (χ4v) is 3.64. The molecule has 30 heavy (non-hydrogen) atoms. The van der Waals surface area contributed by atoms with E-state index < -0.39 is 4.92 Å². The van der Waals surface area contributed by atoms with Crippen molar-refractivity contribution in [3.05, 3.63) is 69.8 Å². The van der Waals surface area contributed by atoms with E-state index >= 15 is 0 Å². The number of piperazine rings is 1. The summed E-state index contributed by atoms with van der Waals surface area (Å²) >= 11 is 0. The number of non-ortho nitro benzene ring substituents is 1. The molecule has 1 saturated heterocycles. The molecule has 1 aliphatic rings. The molecule has 0 spiro atoms. The molecule has 0 radical (unpaired) electrons. The lowest BCUT2D eigenvalue weighted by Gasteiger charge is -2.38. The Morgan fingerprint density at radius 2 is 1.80 bits per heavy atom. The van der Waals surface area contributed by atoms with Gasteiger partial charge in [0.15, 0.2) is 0 Å². The topological polar surface area (TPSA) is 82.0 Å². The van der Waals surface area contributed by atoms with Crippen molar-refractivity contribution >= 4 is 17.3 Å². The molecule has 0 unspecified atom stereocenters. The quantitative estimate of drug-likeness (QED) is 0.557. The Bertz CT molecular complexity index is 877. The van der Waals surface area contributed by atoms with Crippen molar-refractivity contribution in [2.45, 2.75) is 6.04 Å². The normalized spacial score (nSPS) is 16.1. The number of nitro benzene ring substituents is 1. The minimum Gasteiger partial charge on any atom is -0.378 e. The average Bonchev–Trinajstić information content (AvgIpc) is 2.75. The zero-order valence-electron chi connectivity index (χ0n) is 17.7. The van der Waals surface area contributed by atoms with Crippen molar-refractivity contribution in [1.29, 1.82) is 0 Å². The summed E-state index contributed by atoms with van der Waals surface area (Å²) in [5.41, 5.74) is 2.47. The molecule has 1 heterocycles. The van der Waals surface area contributed by atoms with Crippen molar-refractivity contribution in [2.24, 2.45) is 0 Å². The summed E-state index contributed by atoms with van der Waals surface area (Å²) in [4.78, 5) is 29.9. The van der Waals surface area contributed by atoms with Gasteiger partial charge < -0.3 is 15.1 Å². The monoisotopic (exact) mass is 411 g/mol. The molecule has 0 aliphatic carbocycles. The van der Waals surface area contributed by atoms with Crippen LogP contribution in [0.2, 0.25) is 0 Å². The smallest absolute Gasteiger partial charge is 0.270 e. The van der Waals surface area contributed by atoms with Crippen LogP contribution < -0.4 is 10.2 Å². The summed E-state index contributed by atoms with van der Waals surface area (Å²) in [5, 5.41) is 14.0. The maximum absolute atomic E-state index is 12.7. The first-order valence-corrected chi connectivity index (χ1v) is 10.1. The van der Waals surface area contributed by atoms with Gasteiger partial charge in [0, 0.05) is 70.2 Å². The lowest BCUT2D eigenvalue weighted by atomic mass is 10.0.